The SMILES string of the molecule is COCCN(Cc1cccn1C)C(=O)CN(C(=O)Nc1ccc(Cl)c(Cl)c1)C(C)C. The standard InChI is InChI=1S/C21H28Cl2N4O3/c1-15(2)27(21(29)24-16-7-8-18(22)19(23)12-16)14-20(28)26(10-11-30-4)13-17-6-5-9-25(17)3/h5-9,12,15H,10-11,13-14H2,1-4H3,(H,24,29). The van der Waals surface area contributed by atoms with Crippen LogP contribution in [0.1, 0.15) is 19.5 Å². The van der Waals surface area contributed by atoms with Crippen molar-refractivity contribution in [2.24, 2.45) is 7.05 Å². The number of rotatable bonds is 9. The van der Waals surface area contributed by atoms with Crippen LogP contribution in [0.2, 0.25) is 10.0 Å². The van der Waals surface area contributed by atoms with Crippen LogP contribution in [0.25, 0.3) is 0 Å². The molecule has 7 nitrogen and oxygen atoms in total. The summed E-state index contributed by atoms with van der Waals surface area (Å²) in [6.45, 7) is 4.94. The van der Waals surface area contributed by atoms with E-state index in [0.29, 0.717) is 35.4 Å². The van der Waals surface area contributed by atoms with Crippen LogP contribution < -0.4 is 5.32 Å². The summed E-state index contributed by atoms with van der Waals surface area (Å²) in [5, 5.41) is 3.52. The van der Waals surface area contributed by atoms with Gasteiger partial charge in [0.15, 0.2) is 0 Å². The molecular weight excluding hydrogens is 427 g/mol. The summed E-state index contributed by atoms with van der Waals surface area (Å²) in [4.78, 5) is 29.1. The molecule has 0 radical (unpaired) electrons. The summed E-state index contributed by atoms with van der Waals surface area (Å²) >= 11 is 12.0. The summed E-state index contributed by atoms with van der Waals surface area (Å²) in [6.07, 6.45) is 1.93. The van der Waals surface area contributed by atoms with E-state index in [0.717, 1.165) is 5.69 Å². The van der Waals surface area contributed by atoms with Gasteiger partial charge >= 0.3 is 6.03 Å². The molecule has 0 unspecified atom stereocenters. The number of nitrogens with zero attached hydrogens (tertiary/aromatic N) is 3. The zero-order chi connectivity index (χ0) is 22.3. The van der Waals surface area contributed by atoms with Crippen molar-refractivity contribution < 1.29 is 14.3 Å². The van der Waals surface area contributed by atoms with Gasteiger partial charge in [-0.2, -0.15) is 0 Å². The van der Waals surface area contributed by atoms with Gasteiger partial charge in [0.2, 0.25) is 5.91 Å². The maximum absolute atomic E-state index is 13.1. The maximum Gasteiger partial charge on any atom is 0.322 e. The third-order valence-electron chi connectivity index (χ3n) is 4.68. The van der Waals surface area contributed by atoms with Crippen LogP contribution in [-0.4, -0.2) is 59.2 Å². The average molecular weight is 455 g/mol. The molecule has 0 aliphatic heterocycles. The van der Waals surface area contributed by atoms with Crippen molar-refractivity contribution >= 4 is 40.8 Å². The van der Waals surface area contributed by atoms with Gasteiger partial charge in [-0.05, 0) is 44.2 Å². The second-order valence-electron chi connectivity index (χ2n) is 7.20. The number of hydrogen-bond donors (Lipinski definition) is 1. The highest BCUT2D eigenvalue weighted by molar-refractivity contribution is 6.42. The quantitative estimate of drug-likeness (QED) is 0.615. The Balaban J connectivity index is 2.11. The summed E-state index contributed by atoms with van der Waals surface area (Å²) in [5.74, 6) is -0.161. The van der Waals surface area contributed by atoms with Crippen molar-refractivity contribution in [3.8, 4) is 0 Å². The number of carbonyl (C=O) groups is 2. The van der Waals surface area contributed by atoms with E-state index in [2.05, 4.69) is 5.32 Å². The molecule has 0 bridgehead atoms. The van der Waals surface area contributed by atoms with Gasteiger partial charge in [0, 0.05) is 44.3 Å². The minimum absolute atomic E-state index is 0.0566. The molecule has 3 amide bonds. The van der Waals surface area contributed by atoms with Crippen LogP contribution in [0.15, 0.2) is 36.5 Å². The first kappa shape index (κ1) is 24.1. The molecule has 0 fully saturated rings. The molecule has 2 rings (SSSR count). The number of aromatic nitrogens is 1. The summed E-state index contributed by atoms with van der Waals surface area (Å²) < 4.78 is 7.12. The molecule has 2 aromatic rings. The Kier molecular flexibility index (Phi) is 9.02. The third-order valence-corrected chi connectivity index (χ3v) is 5.42. The number of methoxy groups -OCH3 is 1. The van der Waals surface area contributed by atoms with Crippen molar-refractivity contribution in [3.05, 3.63) is 52.3 Å². The molecular formula is C21H28Cl2N4O3. The number of carbonyl (C=O) groups excluding carboxylic acids is 2. The highest BCUT2D eigenvalue weighted by Crippen LogP contribution is 2.25. The first-order valence-corrected chi connectivity index (χ1v) is 10.4. The number of amides is 3. The van der Waals surface area contributed by atoms with Crippen LogP contribution in [0, 0.1) is 0 Å². The number of halogens is 2. The van der Waals surface area contributed by atoms with Crippen molar-refractivity contribution in [2.75, 3.05) is 32.1 Å². The number of ether oxygens (including phenoxy) is 1. The van der Waals surface area contributed by atoms with Gasteiger partial charge in [0.1, 0.15) is 6.54 Å². The molecule has 0 saturated carbocycles. The number of anilines is 1. The highest BCUT2D eigenvalue weighted by atomic mass is 35.5. The van der Waals surface area contributed by atoms with E-state index in [4.69, 9.17) is 27.9 Å². The average Bonchev–Trinajstić information content (AvgIpc) is 3.10. The van der Waals surface area contributed by atoms with Gasteiger partial charge in [-0.3, -0.25) is 4.79 Å². The molecule has 1 aromatic carbocycles. The molecule has 30 heavy (non-hydrogen) atoms. The second-order valence-corrected chi connectivity index (χ2v) is 8.01. The fraction of sp³-hybridized carbons (Fsp3) is 0.429. The van der Waals surface area contributed by atoms with Gasteiger partial charge in [-0.25, -0.2) is 4.79 Å². The van der Waals surface area contributed by atoms with E-state index < -0.39 is 0 Å². The summed E-state index contributed by atoms with van der Waals surface area (Å²) in [7, 11) is 3.52. The first-order valence-electron chi connectivity index (χ1n) is 9.62. The van der Waals surface area contributed by atoms with Crippen LogP contribution in [0.3, 0.4) is 0 Å². The third kappa shape index (κ3) is 6.65. The number of benzene rings is 1. The Bertz CT molecular complexity index is 870. The van der Waals surface area contributed by atoms with E-state index in [1.54, 1.807) is 30.2 Å². The maximum atomic E-state index is 13.1. The van der Waals surface area contributed by atoms with Gasteiger partial charge in [0.25, 0.3) is 0 Å². The monoisotopic (exact) mass is 454 g/mol. The van der Waals surface area contributed by atoms with E-state index in [1.165, 1.54) is 4.90 Å². The minimum Gasteiger partial charge on any atom is -0.383 e. The van der Waals surface area contributed by atoms with Gasteiger partial charge < -0.3 is 24.4 Å². The van der Waals surface area contributed by atoms with Crippen LogP contribution in [0.5, 0.6) is 0 Å². The zero-order valence-electron chi connectivity index (χ0n) is 17.7. The fourth-order valence-electron chi connectivity index (χ4n) is 2.85. The van der Waals surface area contributed by atoms with E-state index >= 15 is 0 Å². The lowest BCUT2D eigenvalue weighted by molar-refractivity contribution is -0.133. The molecule has 9 heteroatoms. The second kappa shape index (κ2) is 11.2. The zero-order valence-corrected chi connectivity index (χ0v) is 19.2. The molecule has 0 saturated heterocycles. The van der Waals surface area contributed by atoms with Gasteiger partial charge in [-0.1, -0.05) is 23.2 Å². The molecule has 0 spiro atoms. The Labute approximate surface area is 187 Å². The summed E-state index contributed by atoms with van der Waals surface area (Å²) in [5.41, 5.74) is 1.50. The molecule has 1 N–H and O–H groups in total. The predicted molar refractivity (Wildman–Crippen MR) is 120 cm³/mol. The summed E-state index contributed by atoms with van der Waals surface area (Å²) in [6, 6.07) is 8.16. The smallest absolute Gasteiger partial charge is 0.322 e. The lowest BCUT2D eigenvalue weighted by Gasteiger charge is -2.30. The first-order chi connectivity index (χ1) is 14.2. The lowest BCUT2D eigenvalue weighted by atomic mass is 10.3. The molecule has 0 aliphatic rings. The van der Waals surface area contributed by atoms with E-state index in [1.807, 2.05) is 43.8 Å². The topological polar surface area (TPSA) is 66.8 Å². The van der Waals surface area contributed by atoms with Gasteiger partial charge in [0.05, 0.1) is 23.2 Å². The molecule has 0 aliphatic carbocycles. The van der Waals surface area contributed by atoms with E-state index in [9.17, 15) is 9.59 Å². The van der Waals surface area contributed by atoms with Crippen molar-refractivity contribution in [3.63, 3.8) is 0 Å². The molecule has 1 aromatic heterocycles. The van der Waals surface area contributed by atoms with Crippen molar-refractivity contribution in [1.29, 1.82) is 0 Å². The fourth-order valence-corrected chi connectivity index (χ4v) is 3.15. The molecule has 0 atom stereocenters. The van der Waals surface area contributed by atoms with E-state index in [-0.39, 0.29) is 24.5 Å². The van der Waals surface area contributed by atoms with Crippen molar-refractivity contribution in [2.45, 2.75) is 26.4 Å². The Morgan fingerprint density at radius 3 is 2.50 bits per heavy atom. The van der Waals surface area contributed by atoms with Crippen LogP contribution in [-0.2, 0) is 23.1 Å². The Morgan fingerprint density at radius 1 is 1.20 bits per heavy atom. The van der Waals surface area contributed by atoms with Crippen molar-refractivity contribution in [1.82, 2.24) is 14.4 Å². The van der Waals surface area contributed by atoms with Crippen LogP contribution >= 0.6 is 23.2 Å². The Morgan fingerprint density at radius 2 is 1.93 bits per heavy atom. The lowest BCUT2D eigenvalue weighted by Crippen LogP contribution is -2.48. The predicted octanol–water partition coefficient (Wildman–Crippen LogP) is 4.25. The largest absolute Gasteiger partial charge is 0.383 e. The Hall–Kier alpha value is -2.22. The minimum atomic E-state index is -0.387. The number of hydrogen-bond acceptors (Lipinski definition) is 3. The number of aryl methyl sites for hydroxylation is 1. The molecule has 1 heterocycles. The number of urea groups is 1. The normalized spacial score (nSPS) is 10.9. The van der Waals surface area contributed by atoms with Crippen LogP contribution in [0.4, 0.5) is 10.5 Å². The van der Waals surface area contributed by atoms with Gasteiger partial charge in [-0.15, -0.1) is 0 Å². The highest BCUT2D eigenvalue weighted by Gasteiger charge is 2.24. The number of nitrogens with one attached hydrogen (secondary N) is 1. The molecule has 164 valence electrons.